The molecule has 0 aliphatic heterocycles. The van der Waals surface area contributed by atoms with E-state index in [1.54, 1.807) is 0 Å². The highest BCUT2D eigenvalue weighted by Crippen LogP contribution is 2.40. The van der Waals surface area contributed by atoms with Gasteiger partial charge in [0.15, 0.2) is 0 Å². The first-order chi connectivity index (χ1) is 26.6. The Balaban J connectivity index is 1.08. The Kier molecular flexibility index (Phi) is 15.8. The lowest BCUT2D eigenvalue weighted by molar-refractivity contribution is -0.117. The number of hydrogen-bond acceptors (Lipinski definition) is 6. The fraction of sp³-hybridized carbons (Fsp3) is 0.458. The van der Waals surface area contributed by atoms with Crippen LogP contribution in [0.5, 0.6) is 23.0 Å². The monoisotopic (exact) mass is 764 g/mol. The van der Waals surface area contributed by atoms with Crippen LogP contribution >= 0.6 is 0 Å². The number of carbonyl (C=O) groups is 2. The van der Waals surface area contributed by atoms with Crippen molar-refractivity contribution in [2.75, 3.05) is 23.8 Å². The van der Waals surface area contributed by atoms with Crippen molar-refractivity contribution >= 4 is 23.2 Å². The SMILES string of the molecule is CCc1cc(CCC(=O)Nc2ccc(OCCCCCCOc3ccc(NC(=O)CCc4cc(C(C)(C)C)c(O)c(C(C)(C)C)c4)cc3)cc2)cc(CC)c1O. The van der Waals surface area contributed by atoms with E-state index in [1.165, 1.54) is 0 Å². The first kappa shape index (κ1) is 43.7. The molecule has 0 spiro atoms. The Labute approximate surface area is 335 Å². The molecule has 2 amide bonds. The van der Waals surface area contributed by atoms with Crippen LogP contribution in [0.1, 0.15) is 127 Å². The number of phenols is 2. The van der Waals surface area contributed by atoms with Gasteiger partial charge in [-0.15, -0.1) is 0 Å². The molecule has 0 aliphatic carbocycles. The number of carbonyl (C=O) groups excluding carboxylic acids is 2. The summed E-state index contributed by atoms with van der Waals surface area (Å²) < 4.78 is 11.8. The third-order valence-electron chi connectivity index (χ3n) is 10.0. The van der Waals surface area contributed by atoms with Gasteiger partial charge in [0.2, 0.25) is 11.8 Å². The molecule has 0 fully saturated rings. The number of hydrogen-bond donors (Lipinski definition) is 4. The number of nitrogens with one attached hydrogen (secondary N) is 2. The van der Waals surface area contributed by atoms with E-state index >= 15 is 0 Å². The molecule has 0 aromatic heterocycles. The van der Waals surface area contributed by atoms with Gasteiger partial charge >= 0.3 is 0 Å². The lowest BCUT2D eigenvalue weighted by Crippen LogP contribution is -2.18. The number of amides is 2. The van der Waals surface area contributed by atoms with Crippen molar-refractivity contribution in [3.8, 4) is 23.0 Å². The normalized spacial score (nSPS) is 11.6. The van der Waals surface area contributed by atoms with Gasteiger partial charge < -0.3 is 30.3 Å². The minimum absolute atomic E-state index is 0.0453. The predicted octanol–water partition coefficient (Wildman–Crippen LogP) is 11.0. The van der Waals surface area contributed by atoms with Gasteiger partial charge in [-0.2, -0.15) is 0 Å². The Morgan fingerprint density at radius 3 is 1.29 bits per heavy atom. The van der Waals surface area contributed by atoms with E-state index in [-0.39, 0.29) is 22.6 Å². The number of ether oxygens (including phenoxy) is 2. The van der Waals surface area contributed by atoms with E-state index in [0.29, 0.717) is 50.4 Å². The van der Waals surface area contributed by atoms with Crippen LogP contribution in [0.3, 0.4) is 0 Å². The summed E-state index contributed by atoms with van der Waals surface area (Å²) >= 11 is 0. The number of rotatable bonds is 19. The minimum Gasteiger partial charge on any atom is -0.507 e. The van der Waals surface area contributed by atoms with Gasteiger partial charge in [-0.1, -0.05) is 79.7 Å². The number of anilines is 2. The standard InChI is InChI=1S/C48H64N2O6/c1-9-35-29-33(30-36(10-2)45(35)53)15-25-43(51)49-37-17-21-39(22-18-37)55-27-13-11-12-14-28-56-40-23-19-38(20-24-40)50-44(52)26-16-34-31-41(47(3,4)5)46(54)42(32-34)48(6,7)8/h17-24,29-32,53-54H,9-16,25-28H2,1-8H3,(H,49,51)(H,50,52). The third-order valence-corrected chi connectivity index (χ3v) is 10.0. The second-order valence-electron chi connectivity index (χ2n) is 16.8. The van der Waals surface area contributed by atoms with E-state index < -0.39 is 0 Å². The maximum atomic E-state index is 12.8. The van der Waals surface area contributed by atoms with Gasteiger partial charge in [0.1, 0.15) is 23.0 Å². The number of aromatic hydroxyl groups is 2. The van der Waals surface area contributed by atoms with Crippen molar-refractivity contribution in [1.29, 1.82) is 0 Å². The molecule has 0 bridgehead atoms. The lowest BCUT2D eigenvalue weighted by atomic mass is 9.78. The number of unbranched alkanes of at least 4 members (excludes halogenated alkanes) is 3. The summed E-state index contributed by atoms with van der Waals surface area (Å²) in [5.74, 6) is 2.18. The Morgan fingerprint density at radius 2 is 0.929 bits per heavy atom. The quantitative estimate of drug-likeness (QED) is 0.0706. The Morgan fingerprint density at radius 1 is 0.554 bits per heavy atom. The number of aryl methyl sites for hydroxylation is 4. The van der Waals surface area contributed by atoms with Gasteiger partial charge in [-0.05, 0) is 144 Å². The van der Waals surface area contributed by atoms with Crippen molar-refractivity contribution in [3.63, 3.8) is 0 Å². The second-order valence-corrected chi connectivity index (χ2v) is 16.8. The molecule has 302 valence electrons. The van der Waals surface area contributed by atoms with Crippen LogP contribution in [-0.2, 0) is 46.1 Å². The first-order valence-corrected chi connectivity index (χ1v) is 20.3. The molecule has 8 nitrogen and oxygen atoms in total. The zero-order valence-corrected chi connectivity index (χ0v) is 34.9. The molecule has 0 saturated carbocycles. The molecule has 8 heteroatoms. The van der Waals surface area contributed by atoms with Crippen LogP contribution in [0.25, 0.3) is 0 Å². The Hall–Kier alpha value is -4.98. The molecule has 4 aromatic carbocycles. The van der Waals surface area contributed by atoms with E-state index in [2.05, 4.69) is 52.2 Å². The van der Waals surface area contributed by atoms with Gasteiger partial charge in [-0.3, -0.25) is 9.59 Å². The summed E-state index contributed by atoms with van der Waals surface area (Å²) in [6.45, 7) is 17.8. The van der Waals surface area contributed by atoms with Gasteiger partial charge in [0.25, 0.3) is 0 Å². The highest BCUT2D eigenvalue weighted by Gasteiger charge is 2.26. The maximum absolute atomic E-state index is 12.8. The van der Waals surface area contributed by atoms with Crippen LogP contribution in [-0.4, -0.2) is 35.2 Å². The zero-order valence-electron chi connectivity index (χ0n) is 34.9. The van der Waals surface area contributed by atoms with E-state index in [0.717, 1.165) is 94.8 Å². The van der Waals surface area contributed by atoms with Gasteiger partial charge in [-0.25, -0.2) is 0 Å². The average molecular weight is 765 g/mol. The topological polar surface area (TPSA) is 117 Å². The molecule has 0 unspecified atom stereocenters. The molecule has 4 rings (SSSR count). The van der Waals surface area contributed by atoms with Crippen molar-refractivity contribution in [2.24, 2.45) is 0 Å². The van der Waals surface area contributed by atoms with E-state index in [4.69, 9.17) is 9.47 Å². The molecular weight excluding hydrogens is 701 g/mol. The van der Waals surface area contributed by atoms with Gasteiger partial charge in [0.05, 0.1) is 13.2 Å². The highest BCUT2D eigenvalue weighted by atomic mass is 16.5. The molecule has 0 atom stereocenters. The second kappa shape index (κ2) is 20.3. The van der Waals surface area contributed by atoms with E-state index in [9.17, 15) is 19.8 Å². The molecule has 0 heterocycles. The zero-order chi connectivity index (χ0) is 40.9. The van der Waals surface area contributed by atoms with Crippen LogP contribution in [0.2, 0.25) is 0 Å². The molecule has 56 heavy (non-hydrogen) atoms. The summed E-state index contributed by atoms with van der Waals surface area (Å²) in [6.07, 6.45) is 7.37. The summed E-state index contributed by atoms with van der Waals surface area (Å²) in [6, 6.07) is 23.0. The van der Waals surface area contributed by atoms with Crippen molar-refractivity contribution in [3.05, 3.63) is 106 Å². The summed E-state index contributed by atoms with van der Waals surface area (Å²) in [4.78, 5) is 25.4. The van der Waals surface area contributed by atoms with Crippen molar-refractivity contribution < 1.29 is 29.3 Å². The van der Waals surface area contributed by atoms with Gasteiger partial charge in [0, 0.05) is 24.2 Å². The van der Waals surface area contributed by atoms with Crippen LogP contribution < -0.4 is 20.1 Å². The first-order valence-electron chi connectivity index (χ1n) is 20.3. The molecule has 0 saturated heterocycles. The molecule has 0 radical (unpaired) electrons. The van der Waals surface area contributed by atoms with Crippen LogP contribution in [0.4, 0.5) is 11.4 Å². The third kappa shape index (κ3) is 13.3. The molecule has 0 aliphatic rings. The smallest absolute Gasteiger partial charge is 0.224 e. The maximum Gasteiger partial charge on any atom is 0.224 e. The average Bonchev–Trinajstić information content (AvgIpc) is 3.15. The van der Waals surface area contributed by atoms with Crippen molar-refractivity contribution in [2.45, 2.75) is 130 Å². The van der Waals surface area contributed by atoms with E-state index in [1.807, 2.05) is 86.6 Å². The summed E-state index contributed by atoms with van der Waals surface area (Å²) in [7, 11) is 0. The molecular formula is C48H64N2O6. The fourth-order valence-corrected chi connectivity index (χ4v) is 6.67. The van der Waals surface area contributed by atoms with Crippen LogP contribution in [0.15, 0.2) is 72.8 Å². The highest BCUT2D eigenvalue weighted by molar-refractivity contribution is 5.91. The minimum atomic E-state index is -0.211. The van der Waals surface area contributed by atoms with Crippen molar-refractivity contribution in [1.82, 2.24) is 0 Å². The number of phenolic OH excluding ortho intramolecular Hbond substituents is 2. The summed E-state index contributed by atoms with van der Waals surface area (Å²) in [5, 5.41) is 27.3. The molecule has 4 N–H and O–H groups in total. The Bertz CT molecular complexity index is 1830. The van der Waals surface area contributed by atoms with Crippen LogP contribution in [0, 0.1) is 0 Å². The summed E-state index contributed by atoms with van der Waals surface area (Å²) in [5.41, 5.74) is 6.84. The largest absolute Gasteiger partial charge is 0.507 e. The lowest BCUT2D eigenvalue weighted by Gasteiger charge is -2.28. The number of benzene rings is 4. The molecule has 4 aromatic rings. The fourth-order valence-electron chi connectivity index (χ4n) is 6.67. The predicted molar refractivity (Wildman–Crippen MR) is 229 cm³/mol.